The summed E-state index contributed by atoms with van der Waals surface area (Å²) in [5.41, 5.74) is 3.56. The van der Waals surface area contributed by atoms with Gasteiger partial charge in [-0.05, 0) is 23.8 Å². The van der Waals surface area contributed by atoms with Crippen LogP contribution in [0.4, 0.5) is 0 Å². The lowest BCUT2D eigenvalue weighted by Gasteiger charge is -2.26. The van der Waals surface area contributed by atoms with Crippen LogP contribution in [0.25, 0.3) is 21.8 Å². The van der Waals surface area contributed by atoms with Crippen LogP contribution in [0.1, 0.15) is 5.56 Å². The highest BCUT2D eigenvalue weighted by Crippen LogP contribution is 2.27. The van der Waals surface area contributed by atoms with Crippen molar-refractivity contribution in [3.05, 3.63) is 42.2 Å². The molecule has 3 aromatic rings. The molecular weight excluding hydrogens is 250 g/mol. The van der Waals surface area contributed by atoms with E-state index in [0.717, 1.165) is 43.9 Å². The fraction of sp³-hybridized carbons (Fsp3) is 0.312. The average Bonchev–Trinajstić information content (AvgIpc) is 2.92. The number of morpholine rings is 1. The number of aromatic nitrogens is 2. The van der Waals surface area contributed by atoms with Crippen LogP contribution in [-0.2, 0) is 11.3 Å². The van der Waals surface area contributed by atoms with Crippen LogP contribution in [0.5, 0.6) is 0 Å². The number of pyridine rings is 1. The van der Waals surface area contributed by atoms with E-state index in [1.165, 1.54) is 16.3 Å². The number of nitrogens with one attached hydrogen (secondary N) is 1. The molecule has 4 rings (SSSR count). The van der Waals surface area contributed by atoms with E-state index in [1.54, 1.807) is 0 Å². The lowest BCUT2D eigenvalue weighted by molar-refractivity contribution is 0.0344. The van der Waals surface area contributed by atoms with Gasteiger partial charge in [0, 0.05) is 48.3 Å². The van der Waals surface area contributed by atoms with Gasteiger partial charge in [-0.2, -0.15) is 0 Å². The van der Waals surface area contributed by atoms with Crippen molar-refractivity contribution in [2.45, 2.75) is 6.54 Å². The summed E-state index contributed by atoms with van der Waals surface area (Å²) in [4.78, 5) is 10.3. The summed E-state index contributed by atoms with van der Waals surface area (Å²) in [6.07, 6.45) is 3.98. The Morgan fingerprint density at radius 2 is 2.10 bits per heavy atom. The van der Waals surface area contributed by atoms with Crippen LogP contribution in [0.3, 0.4) is 0 Å². The minimum Gasteiger partial charge on any atom is -0.379 e. The van der Waals surface area contributed by atoms with Crippen LogP contribution in [0.15, 0.2) is 36.7 Å². The van der Waals surface area contributed by atoms with Crippen molar-refractivity contribution >= 4 is 21.8 Å². The van der Waals surface area contributed by atoms with Crippen LogP contribution in [0, 0.1) is 0 Å². The highest BCUT2D eigenvalue weighted by atomic mass is 16.5. The molecule has 1 aromatic carbocycles. The first kappa shape index (κ1) is 11.9. The minimum absolute atomic E-state index is 0.834. The molecule has 0 amide bonds. The standard InChI is InChI=1S/C16H17N3O/c1-2-13-14(17-5-1)3-4-15-16(13)12(10-18-15)11-19-6-8-20-9-7-19/h1-5,10,17H,6-9,11H2. The highest BCUT2D eigenvalue weighted by Gasteiger charge is 2.14. The predicted octanol–water partition coefficient (Wildman–Crippen LogP) is 2.55. The van der Waals surface area contributed by atoms with Gasteiger partial charge >= 0.3 is 0 Å². The SMILES string of the molecule is c1c[nH]c2ccc3ncc(CN4CCOCC4)c3c2c1. The minimum atomic E-state index is 0.834. The zero-order valence-electron chi connectivity index (χ0n) is 11.3. The molecule has 1 N–H and O–H groups in total. The Balaban J connectivity index is 1.80. The van der Waals surface area contributed by atoms with Crippen molar-refractivity contribution in [1.82, 2.24) is 14.9 Å². The first-order valence-electron chi connectivity index (χ1n) is 7.05. The third-order valence-corrected chi connectivity index (χ3v) is 4.00. The van der Waals surface area contributed by atoms with E-state index in [1.807, 2.05) is 18.5 Å². The normalized spacial score (nSPS) is 17.0. The summed E-state index contributed by atoms with van der Waals surface area (Å²) in [7, 11) is 0. The fourth-order valence-electron chi connectivity index (χ4n) is 2.97. The number of benzene rings is 1. The van der Waals surface area contributed by atoms with Crippen molar-refractivity contribution in [2.24, 2.45) is 0 Å². The second-order valence-electron chi connectivity index (χ2n) is 5.26. The van der Waals surface area contributed by atoms with E-state index in [2.05, 4.69) is 33.1 Å². The van der Waals surface area contributed by atoms with E-state index in [0.29, 0.717) is 0 Å². The number of ether oxygens (including phenoxy) is 1. The lowest BCUT2D eigenvalue weighted by atomic mass is 10.1. The zero-order chi connectivity index (χ0) is 13.4. The monoisotopic (exact) mass is 267 g/mol. The molecule has 0 bridgehead atoms. The van der Waals surface area contributed by atoms with E-state index in [-0.39, 0.29) is 0 Å². The third-order valence-electron chi connectivity index (χ3n) is 4.00. The molecule has 0 unspecified atom stereocenters. The largest absolute Gasteiger partial charge is 0.379 e. The van der Waals surface area contributed by atoms with Crippen molar-refractivity contribution < 1.29 is 4.74 Å². The van der Waals surface area contributed by atoms with Crippen LogP contribution in [0.2, 0.25) is 0 Å². The molecular formula is C16H17N3O. The van der Waals surface area contributed by atoms with E-state index in [9.17, 15) is 0 Å². The van der Waals surface area contributed by atoms with Gasteiger partial charge in [0.2, 0.25) is 0 Å². The highest BCUT2D eigenvalue weighted by molar-refractivity contribution is 6.06. The van der Waals surface area contributed by atoms with Gasteiger partial charge in [0.05, 0.1) is 18.7 Å². The molecule has 0 spiro atoms. The second-order valence-corrected chi connectivity index (χ2v) is 5.26. The Labute approximate surface area is 117 Å². The molecule has 4 heteroatoms. The Hall–Kier alpha value is -1.91. The number of H-pyrrole nitrogens is 1. The maximum atomic E-state index is 5.41. The fourth-order valence-corrected chi connectivity index (χ4v) is 2.97. The molecule has 1 aliphatic heterocycles. The molecule has 0 saturated carbocycles. The Kier molecular flexibility index (Phi) is 2.90. The second kappa shape index (κ2) is 4.89. The topological polar surface area (TPSA) is 41.2 Å². The molecule has 102 valence electrons. The van der Waals surface area contributed by atoms with Crippen molar-refractivity contribution in [1.29, 1.82) is 0 Å². The number of rotatable bonds is 2. The Morgan fingerprint density at radius 1 is 1.20 bits per heavy atom. The third kappa shape index (κ3) is 1.97. The molecule has 0 radical (unpaired) electrons. The van der Waals surface area contributed by atoms with Gasteiger partial charge in [-0.25, -0.2) is 0 Å². The number of fused-ring (bicyclic) bond motifs is 3. The van der Waals surface area contributed by atoms with Gasteiger partial charge in [-0.1, -0.05) is 6.07 Å². The maximum absolute atomic E-state index is 5.41. The van der Waals surface area contributed by atoms with E-state index < -0.39 is 0 Å². The molecule has 1 saturated heterocycles. The van der Waals surface area contributed by atoms with Gasteiger partial charge < -0.3 is 9.72 Å². The lowest BCUT2D eigenvalue weighted by Crippen LogP contribution is -2.35. The predicted molar refractivity (Wildman–Crippen MR) is 79.7 cm³/mol. The van der Waals surface area contributed by atoms with E-state index >= 15 is 0 Å². The number of aromatic amines is 1. The number of nitrogens with zero attached hydrogens (tertiary/aromatic N) is 2. The average molecular weight is 267 g/mol. The molecule has 2 aromatic heterocycles. The molecule has 1 aliphatic rings. The van der Waals surface area contributed by atoms with Crippen molar-refractivity contribution in [2.75, 3.05) is 26.3 Å². The van der Waals surface area contributed by atoms with Gasteiger partial charge in [0.15, 0.2) is 0 Å². The Morgan fingerprint density at radius 3 is 3.00 bits per heavy atom. The van der Waals surface area contributed by atoms with Crippen LogP contribution >= 0.6 is 0 Å². The molecule has 0 aliphatic carbocycles. The first-order chi connectivity index (χ1) is 9.92. The summed E-state index contributed by atoms with van der Waals surface area (Å²) in [5, 5.41) is 2.54. The van der Waals surface area contributed by atoms with Gasteiger partial charge in [0.25, 0.3) is 0 Å². The summed E-state index contributed by atoms with van der Waals surface area (Å²) in [6.45, 7) is 4.63. The summed E-state index contributed by atoms with van der Waals surface area (Å²) in [5.74, 6) is 0. The molecule has 4 nitrogen and oxygen atoms in total. The quantitative estimate of drug-likeness (QED) is 0.775. The van der Waals surface area contributed by atoms with Crippen LogP contribution in [-0.4, -0.2) is 41.2 Å². The van der Waals surface area contributed by atoms with Crippen LogP contribution < -0.4 is 0 Å². The molecule has 3 heterocycles. The molecule has 1 fully saturated rings. The first-order valence-corrected chi connectivity index (χ1v) is 7.05. The maximum Gasteiger partial charge on any atom is 0.0713 e. The van der Waals surface area contributed by atoms with Gasteiger partial charge in [-0.3, -0.25) is 9.88 Å². The summed E-state index contributed by atoms with van der Waals surface area (Å²) >= 11 is 0. The van der Waals surface area contributed by atoms with E-state index in [4.69, 9.17) is 4.74 Å². The molecule has 0 atom stereocenters. The Bertz CT molecular complexity index is 744. The number of hydrogen-bond donors (Lipinski definition) is 1. The molecule has 20 heavy (non-hydrogen) atoms. The summed E-state index contributed by atoms with van der Waals surface area (Å²) < 4.78 is 5.41. The smallest absolute Gasteiger partial charge is 0.0713 e. The zero-order valence-corrected chi connectivity index (χ0v) is 11.3. The van der Waals surface area contributed by atoms with Crippen molar-refractivity contribution in [3.8, 4) is 0 Å². The number of hydrogen-bond acceptors (Lipinski definition) is 3. The van der Waals surface area contributed by atoms with Gasteiger partial charge in [-0.15, -0.1) is 0 Å². The summed E-state index contributed by atoms with van der Waals surface area (Å²) in [6, 6.07) is 8.41. The van der Waals surface area contributed by atoms with Crippen molar-refractivity contribution in [3.63, 3.8) is 0 Å². The van der Waals surface area contributed by atoms with Gasteiger partial charge in [0.1, 0.15) is 0 Å².